The molecule has 0 aliphatic carbocycles. The molecule has 1 saturated heterocycles. The number of carbonyl (C=O) groups is 3. The second-order valence-electron chi connectivity index (χ2n) is 11.0. The Kier molecular flexibility index (Phi) is 5.87. The van der Waals surface area contributed by atoms with Crippen molar-refractivity contribution in [3.05, 3.63) is 131 Å². The molecule has 0 bridgehead atoms. The molecule has 7 rings (SSSR count). The van der Waals surface area contributed by atoms with Crippen LogP contribution in [0.2, 0.25) is 0 Å². The van der Waals surface area contributed by atoms with Crippen molar-refractivity contribution < 1.29 is 23.5 Å². The summed E-state index contributed by atoms with van der Waals surface area (Å²) in [4.78, 5) is 45.8. The molecular weight excluding hydrogens is 531 g/mol. The average Bonchev–Trinajstić information content (AvgIpc) is 3.49. The van der Waals surface area contributed by atoms with Gasteiger partial charge in [0.2, 0.25) is 5.91 Å². The predicted octanol–water partition coefficient (Wildman–Crippen LogP) is 6.08. The molecule has 1 amide bonds. The molecule has 1 spiro atoms. The van der Waals surface area contributed by atoms with Gasteiger partial charge in [-0.15, -0.1) is 0 Å². The van der Waals surface area contributed by atoms with Crippen molar-refractivity contribution in [1.29, 1.82) is 0 Å². The molecule has 3 heterocycles. The van der Waals surface area contributed by atoms with E-state index in [1.807, 2.05) is 60.4 Å². The van der Waals surface area contributed by atoms with Crippen molar-refractivity contribution in [2.24, 2.45) is 5.92 Å². The minimum absolute atomic E-state index is 0.156. The van der Waals surface area contributed by atoms with Gasteiger partial charge in [-0.3, -0.25) is 14.4 Å². The van der Waals surface area contributed by atoms with E-state index in [0.29, 0.717) is 22.6 Å². The Morgan fingerprint density at radius 3 is 2.45 bits per heavy atom. The number of ketones is 2. The topological polar surface area (TPSA) is 75.7 Å². The van der Waals surface area contributed by atoms with Crippen LogP contribution in [-0.2, 0) is 10.2 Å². The van der Waals surface area contributed by atoms with Gasteiger partial charge in [0.15, 0.2) is 11.6 Å². The van der Waals surface area contributed by atoms with E-state index in [4.69, 9.17) is 4.74 Å². The van der Waals surface area contributed by atoms with Gasteiger partial charge in [0.05, 0.1) is 24.6 Å². The highest BCUT2D eigenvalue weighted by Crippen LogP contribution is 2.59. The van der Waals surface area contributed by atoms with Gasteiger partial charge in [-0.05, 0) is 54.5 Å². The van der Waals surface area contributed by atoms with Gasteiger partial charge in [0.1, 0.15) is 23.0 Å². The molecule has 4 atom stereocenters. The molecule has 7 heteroatoms. The van der Waals surface area contributed by atoms with Crippen molar-refractivity contribution in [2.45, 2.75) is 24.4 Å². The molecular formula is C35H27FN2O4. The zero-order chi connectivity index (χ0) is 29.2. The number of allylic oxidation sites excluding steroid dienone is 1. The number of Topliss-reactive ketones (excluding diaryl/α,β-unsaturated/α-hetero) is 2. The summed E-state index contributed by atoms with van der Waals surface area (Å²) in [6.07, 6.45) is 1.98. The first kappa shape index (κ1) is 25.9. The molecule has 3 aliphatic heterocycles. The maximum atomic E-state index is 15.3. The fourth-order valence-corrected chi connectivity index (χ4v) is 7.16. The summed E-state index contributed by atoms with van der Waals surface area (Å²) >= 11 is 0. The van der Waals surface area contributed by atoms with Gasteiger partial charge in [-0.2, -0.15) is 0 Å². The Morgan fingerprint density at radius 1 is 0.905 bits per heavy atom. The first-order valence-electron chi connectivity index (χ1n) is 13.8. The number of hydrogen-bond donors (Lipinski definition) is 1. The first-order chi connectivity index (χ1) is 20.4. The van der Waals surface area contributed by atoms with Crippen LogP contribution in [0, 0.1) is 11.7 Å². The summed E-state index contributed by atoms with van der Waals surface area (Å²) in [7, 11) is 1.52. The predicted molar refractivity (Wildman–Crippen MR) is 158 cm³/mol. The maximum Gasteiger partial charge on any atom is 0.238 e. The van der Waals surface area contributed by atoms with Crippen LogP contribution in [0.3, 0.4) is 0 Å². The third-order valence-electron chi connectivity index (χ3n) is 8.93. The minimum Gasteiger partial charge on any atom is -0.497 e. The van der Waals surface area contributed by atoms with Crippen molar-refractivity contribution in [3.8, 4) is 5.75 Å². The zero-order valence-corrected chi connectivity index (χ0v) is 23.0. The molecule has 0 unspecified atom stereocenters. The third-order valence-corrected chi connectivity index (χ3v) is 8.93. The van der Waals surface area contributed by atoms with E-state index in [2.05, 4.69) is 5.32 Å². The molecule has 4 aromatic rings. The Morgan fingerprint density at radius 2 is 1.64 bits per heavy atom. The van der Waals surface area contributed by atoms with E-state index >= 15 is 4.39 Å². The van der Waals surface area contributed by atoms with Gasteiger partial charge in [0.25, 0.3) is 0 Å². The third kappa shape index (κ3) is 3.46. The number of nitrogens with one attached hydrogen (secondary N) is 1. The molecule has 208 valence electrons. The summed E-state index contributed by atoms with van der Waals surface area (Å²) in [6.45, 7) is 1.97. The number of methoxy groups -OCH3 is 1. The largest absolute Gasteiger partial charge is 0.497 e. The monoisotopic (exact) mass is 558 g/mol. The van der Waals surface area contributed by atoms with Crippen LogP contribution < -0.4 is 15.0 Å². The standard InChI is InChI=1S/C35H27FN2O4/c1-20-18-29-35(25-14-5-7-16-27(25)37-34(35)41)30(33(40)24-13-3-6-15-26(24)36)31(38(29)28-17-8-4-12-23(20)28)32(39)21-10-9-11-22(19-21)42-2/h3-19,29-31H,1-2H3,(H,37,41)/t29-,30-,31+,35+/m0/s1. The Labute approximate surface area is 242 Å². The molecule has 0 radical (unpaired) electrons. The first-order valence-corrected chi connectivity index (χ1v) is 13.8. The number of para-hydroxylation sites is 2. The zero-order valence-electron chi connectivity index (χ0n) is 23.0. The summed E-state index contributed by atoms with van der Waals surface area (Å²) < 4.78 is 20.7. The summed E-state index contributed by atoms with van der Waals surface area (Å²) in [5.41, 5.74) is 2.42. The number of carbonyl (C=O) groups excluding carboxylic acids is 3. The molecule has 4 aromatic carbocycles. The van der Waals surface area contributed by atoms with Crippen LogP contribution in [0.4, 0.5) is 15.8 Å². The number of halogens is 1. The number of nitrogens with zero attached hydrogens (tertiary/aromatic N) is 1. The second-order valence-corrected chi connectivity index (χ2v) is 11.0. The van der Waals surface area contributed by atoms with Gasteiger partial charge < -0.3 is 15.0 Å². The number of anilines is 2. The van der Waals surface area contributed by atoms with Gasteiger partial charge in [-0.25, -0.2) is 4.39 Å². The van der Waals surface area contributed by atoms with Crippen molar-refractivity contribution in [2.75, 3.05) is 17.3 Å². The Bertz CT molecular complexity index is 1830. The Hall–Kier alpha value is -5.04. The molecule has 3 aliphatic rings. The quantitative estimate of drug-likeness (QED) is 0.301. The lowest BCUT2D eigenvalue weighted by molar-refractivity contribution is -0.121. The van der Waals surface area contributed by atoms with E-state index in [-0.39, 0.29) is 11.3 Å². The lowest BCUT2D eigenvalue weighted by Crippen LogP contribution is -2.51. The molecule has 1 fully saturated rings. The van der Waals surface area contributed by atoms with Crippen LogP contribution >= 0.6 is 0 Å². The van der Waals surface area contributed by atoms with E-state index in [9.17, 15) is 14.4 Å². The van der Waals surface area contributed by atoms with Gasteiger partial charge >= 0.3 is 0 Å². The normalized spacial score (nSPS) is 23.5. The van der Waals surface area contributed by atoms with E-state index in [1.54, 1.807) is 36.4 Å². The van der Waals surface area contributed by atoms with Crippen LogP contribution in [-0.4, -0.2) is 36.7 Å². The highest BCUT2D eigenvalue weighted by atomic mass is 19.1. The number of ether oxygens (including phenoxy) is 1. The molecule has 0 saturated carbocycles. The molecule has 6 nitrogen and oxygen atoms in total. The molecule has 0 aromatic heterocycles. The lowest BCUT2D eigenvalue weighted by Gasteiger charge is -2.39. The van der Waals surface area contributed by atoms with Gasteiger partial charge in [-0.1, -0.05) is 66.7 Å². The minimum atomic E-state index is -1.51. The van der Waals surface area contributed by atoms with E-state index in [1.165, 1.54) is 25.3 Å². The number of hydrogen-bond acceptors (Lipinski definition) is 5. The van der Waals surface area contributed by atoms with Crippen molar-refractivity contribution in [1.82, 2.24) is 0 Å². The van der Waals surface area contributed by atoms with E-state index < -0.39 is 40.9 Å². The maximum absolute atomic E-state index is 15.3. The van der Waals surface area contributed by atoms with Gasteiger partial charge in [0, 0.05) is 22.5 Å². The van der Waals surface area contributed by atoms with Crippen LogP contribution in [0.5, 0.6) is 5.75 Å². The summed E-state index contributed by atoms with van der Waals surface area (Å²) in [6, 6.07) is 25.6. The highest BCUT2D eigenvalue weighted by molar-refractivity contribution is 6.18. The van der Waals surface area contributed by atoms with Crippen LogP contribution in [0.15, 0.2) is 103 Å². The van der Waals surface area contributed by atoms with Crippen LogP contribution in [0.1, 0.15) is 38.8 Å². The number of rotatable bonds is 5. The number of benzene rings is 4. The summed E-state index contributed by atoms with van der Waals surface area (Å²) in [5.74, 6) is -2.81. The number of amides is 1. The fourth-order valence-electron chi connectivity index (χ4n) is 7.16. The highest BCUT2D eigenvalue weighted by Gasteiger charge is 2.70. The van der Waals surface area contributed by atoms with E-state index in [0.717, 1.165) is 16.8 Å². The molecule has 42 heavy (non-hydrogen) atoms. The van der Waals surface area contributed by atoms with Crippen molar-refractivity contribution in [3.63, 3.8) is 0 Å². The SMILES string of the molecule is COc1cccc(C(=O)[C@H]2[C@@H](C(=O)c3ccccc3F)[C@]3(C(=O)Nc4ccccc43)[C@@H]3C=C(C)c4ccccc4N32)c1. The average molecular weight is 559 g/mol. The summed E-state index contributed by atoms with van der Waals surface area (Å²) in [5, 5.41) is 3.00. The lowest BCUT2D eigenvalue weighted by atomic mass is 9.64. The second kappa shape index (κ2) is 9.52. The molecule has 1 N–H and O–H groups in total. The van der Waals surface area contributed by atoms with Crippen molar-refractivity contribution >= 4 is 34.4 Å². The smallest absolute Gasteiger partial charge is 0.238 e. The Balaban J connectivity index is 1.56. The number of fused-ring (bicyclic) bond motifs is 6. The fraction of sp³-hybridized carbons (Fsp3) is 0.171. The van der Waals surface area contributed by atoms with Crippen LogP contribution in [0.25, 0.3) is 5.57 Å².